The number of H-pyrrole nitrogens is 1. The van der Waals surface area contributed by atoms with Gasteiger partial charge in [0.25, 0.3) is 0 Å². The Balaban J connectivity index is 1.35. The Labute approximate surface area is 317 Å². The van der Waals surface area contributed by atoms with E-state index < -0.39 is 22.0 Å². The minimum Gasteiger partial charge on any atom is -0.493 e. The normalized spacial score (nSPS) is 15.2. The molecule has 284 valence electrons. The molecule has 5 aromatic rings. The molecule has 2 aromatic heterocycles. The quantitative estimate of drug-likeness (QED) is 0.0594. The highest BCUT2D eigenvalue weighted by atomic mass is 35.5. The van der Waals surface area contributed by atoms with Crippen LogP contribution in [0.1, 0.15) is 66.6 Å². The third kappa shape index (κ3) is 9.24. The Morgan fingerprint density at radius 3 is 2.57 bits per heavy atom. The summed E-state index contributed by atoms with van der Waals surface area (Å²) in [5.41, 5.74) is 5.17. The number of para-hydroxylation sites is 1. The first-order valence-corrected chi connectivity index (χ1v) is 20.5. The Morgan fingerprint density at radius 2 is 1.79 bits per heavy atom. The van der Waals surface area contributed by atoms with Gasteiger partial charge in [-0.1, -0.05) is 54.6 Å². The number of sulfonamides is 1. The van der Waals surface area contributed by atoms with Crippen molar-refractivity contribution >= 4 is 49.3 Å². The van der Waals surface area contributed by atoms with Crippen LogP contribution in [0.5, 0.6) is 5.75 Å². The smallest absolute Gasteiger partial charge is 0.355 e. The summed E-state index contributed by atoms with van der Waals surface area (Å²) in [6.45, 7) is 9.79. The number of esters is 1. The van der Waals surface area contributed by atoms with Crippen LogP contribution in [0.3, 0.4) is 0 Å². The zero-order valence-corrected chi connectivity index (χ0v) is 32.6. The lowest BCUT2D eigenvalue weighted by Crippen LogP contribution is -2.39. The third-order valence-corrected chi connectivity index (χ3v) is 11.5. The molecule has 3 aromatic carbocycles. The molecule has 0 saturated carbocycles. The van der Waals surface area contributed by atoms with Gasteiger partial charge >= 0.3 is 5.97 Å². The van der Waals surface area contributed by atoms with Crippen molar-refractivity contribution in [3.63, 3.8) is 0 Å². The maximum absolute atomic E-state index is 13.5. The van der Waals surface area contributed by atoms with Gasteiger partial charge in [0, 0.05) is 59.7 Å². The van der Waals surface area contributed by atoms with Gasteiger partial charge in [0.1, 0.15) is 11.4 Å². The molecule has 2 atom stereocenters. The van der Waals surface area contributed by atoms with Gasteiger partial charge in [0.05, 0.1) is 49.4 Å². The summed E-state index contributed by atoms with van der Waals surface area (Å²) < 4.78 is 49.1. The second kappa shape index (κ2) is 17.5. The number of aromatic nitrogens is 3. The Hall–Kier alpha value is -3.94. The van der Waals surface area contributed by atoms with E-state index in [1.807, 2.05) is 56.4 Å². The maximum atomic E-state index is 13.5. The van der Waals surface area contributed by atoms with Crippen LogP contribution in [-0.4, -0.2) is 91.2 Å². The van der Waals surface area contributed by atoms with Gasteiger partial charge in [-0.15, -0.1) is 11.6 Å². The molecule has 1 fully saturated rings. The molecular weight excluding hydrogens is 714 g/mol. The summed E-state index contributed by atoms with van der Waals surface area (Å²) >= 11 is 6.16. The van der Waals surface area contributed by atoms with Crippen molar-refractivity contribution in [3.8, 4) is 16.9 Å². The Kier molecular flexibility index (Phi) is 12.8. The average molecular weight is 764 g/mol. The molecular formula is C40H50ClN5O6S. The lowest BCUT2D eigenvalue weighted by Gasteiger charge is -2.28. The number of alkyl halides is 1. The van der Waals surface area contributed by atoms with E-state index in [4.69, 9.17) is 30.9 Å². The number of nitrogens with one attached hydrogen (secondary N) is 2. The van der Waals surface area contributed by atoms with Crippen molar-refractivity contribution in [1.82, 2.24) is 24.4 Å². The molecule has 0 amide bonds. The first-order valence-electron chi connectivity index (χ1n) is 18.5. The number of nitrogens with zero attached hydrogens (tertiary/aromatic N) is 3. The second-order valence-electron chi connectivity index (χ2n) is 13.6. The van der Waals surface area contributed by atoms with E-state index in [0.717, 1.165) is 62.9 Å². The topological polar surface area (TPSA) is 128 Å². The number of rotatable bonds is 17. The molecule has 0 radical (unpaired) electrons. The van der Waals surface area contributed by atoms with Crippen LogP contribution in [0.15, 0.2) is 60.7 Å². The number of carbonyl (C=O) groups excluding carboxylic acids is 1. The maximum Gasteiger partial charge on any atom is 0.355 e. The molecule has 2 unspecified atom stereocenters. The zero-order chi connectivity index (χ0) is 37.5. The minimum atomic E-state index is -3.70. The molecule has 0 bridgehead atoms. The number of benzene rings is 3. The van der Waals surface area contributed by atoms with Crippen molar-refractivity contribution in [2.75, 3.05) is 51.8 Å². The molecule has 13 heteroatoms. The number of fused-ring (bicyclic) bond motifs is 2. The van der Waals surface area contributed by atoms with Crippen molar-refractivity contribution < 1.29 is 27.4 Å². The number of carbonyl (C=O) groups is 1. The van der Waals surface area contributed by atoms with E-state index in [2.05, 4.69) is 32.8 Å². The zero-order valence-electron chi connectivity index (χ0n) is 31.0. The van der Waals surface area contributed by atoms with Gasteiger partial charge in [0.15, 0.2) is 0 Å². The fourth-order valence-corrected chi connectivity index (χ4v) is 8.75. The molecule has 1 aliphatic rings. The van der Waals surface area contributed by atoms with Crippen molar-refractivity contribution in [3.05, 3.63) is 83.3 Å². The molecule has 53 heavy (non-hydrogen) atoms. The molecule has 11 nitrogen and oxygen atoms in total. The molecule has 1 aliphatic heterocycles. The minimum absolute atomic E-state index is 0.0877. The lowest BCUT2D eigenvalue weighted by molar-refractivity contribution is 0.0364. The predicted molar refractivity (Wildman–Crippen MR) is 210 cm³/mol. The van der Waals surface area contributed by atoms with E-state index in [0.29, 0.717) is 63.4 Å². The molecule has 0 spiro atoms. The van der Waals surface area contributed by atoms with Crippen LogP contribution in [0.2, 0.25) is 0 Å². The highest BCUT2D eigenvalue weighted by Crippen LogP contribution is 2.39. The lowest BCUT2D eigenvalue weighted by atomic mass is 9.95. The van der Waals surface area contributed by atoms with Crippen LogP contribution in [0.25, 0.3) is 32.8 Å². The van der Waals surface area contributed by atoms with Crippen LogP contribution in [0, 0.1) is 6.92 Å². The van der Waals surface area contributed by atoms with Gasteiger partial charge in [0.2, 0.25) is 10.0 Å². The van der Waals surface area contributed by atoms with Crippen LogP contribution in [-0.2, 0) is 33.0 Å². The molecule has 2 N–H and O–H groups in total. The molecule has 0 aliphatic carbocycles. The van der Waals surface area contributed by atoms with E-state index in [1.54, 1.807) is 18.5 Å². The van der Waals surface area contributed by atoms with Gasteiger partial charge < -0.3 is 19.2 Å². The predicted octanol–water partition coefficient (Wildman–Crippen LogP) is 6.92. The van der Waals surface area contributed by atoms with E-state index >= 15 is 0 Å². The van der Waals surface area contributed by atoms with E-state index in [1.165, 1.54) is 0 Å². The largest absolute Gasteiger partial charge is 0.493 e. The number of morpholine rings is 1. The monoisotopic (exact) mass is 763 g/mol. The highest BCUT2D eigenvalue weighted by molar-refractivity contribution is 7.89. The number of aryl methyl sites for hydroxylation is 2. The summed E-state index contributed by atoms with van der Waals surface area (Å²) in [6, 6.07) is 19.5. The van der Waals surface area contributed by atoms with Crippen LogP contribution >= 0.6 is 11.6 Å². The summed E-state index contributed by atoms with van der Waals surface area (Å²) in [7, 11) is -1.83. The van der Waals surface area contributed by atoms with Gasteiger partial charge in [-0.05, 0) is 63.5 Å². The summed E-state index contributed by atoms with van der Waals surface area (Å²) in [6.07, 6.45) is 2.07. The van der Waals surface area contributed by atoms with Crippen molar-refractivity contribution in [1.29, 1.82) is 0 Å². The Morgan fingerprint density at radius 1 is 1.06 bits per heavy atom. The SMILES string of the molecule is CCOC(=O)c1[nH]c2c(-c3c(C(CCN4CCOCC4)NS(=O)(=O)CCC(C)Cl)nn(C)c3C)cccc2c1CCCOc1cccc2ccccc12. The number of halogens is 1. The van der Waals surface area contributed by atoms with Gasteiger partial charge in [-0.2, -0.15) is 5.10 Å². The molecule has 1 saturated heterocycles. The number of hydrogen-bond donors (Lipinski definition) is 2. The number of ether oxygens (including phenoxy) is 3. The van der Waals surface area contributed by atoms with Crippen LogP contribution < -0.4 is 9.46 Å². The first-order chi connectivity index (χ1) is 25.6. The Bertz CT molecular complexity index is 2130. The number of aromatic amines is 1. The number of hydrogen-bond acceptors (Lipinski definition) is 8. The van der Waals surface area contributed by atoms with Crippen molar-refractivity contribution in [2.45, 2.75) is 57.9 Å². The summed E-state index contributed by atoms with van der Waals surface area (Å²) in [5.74, 6) is 0.313. The summed E-state index contributed by atoms with van der Waals surface area (Å²) in [4.78, 5) is 19.2. The van der Waals surface area contributed by atoms with Gasteiger partial charge in [-0.25, -0.2) is 17.9 Å². The standard InChI is InChI=1S/C40H50ClN5O6S/c1-5-51-40(47)38-32(16-10-23-52-35-17-8-12-29-11-6-7-13-30(29)35)31-14-9-15-33(37(31)42-38)36-28(3)45(4)43-39(36)34(18-20-46-21-24-50-25-22-46)44-53(48,49)26-19-27(2)41/h6-9,11-15,17,27,34,42,44H,5,10,16,18-26H2,1-4H3. The third-order valence-electron chi connectivity index (χ3n) is 9.90. The van der Waals surface area contributed by atoms with Gasteiger partial charge in [-0.3, -0.25) is 9.58 Å². The van der Waals surface area contributed by atoms with E-state index in [9.17, 15) is 13.2 Å². The van der Waals surface area contributed by atoms with E-state index in [-0.39, 0.29) is 17.7 Å². The fraction of sp³-hybridized carbons (Fsp3) is 0.450. The van der Waals surface area contributed by atoms with Crippen molar-refractivity contribution in [2.24, 2.45) is 7.05 Å². The highest BCUT2D eigenvalue weighted by Gasteiger charge is 2.30. The van der Waals surface area contributed by atoms with Crippen LogP contribution in [0.4, 0.5) is 0 Å². The first kappa shape index (κ1) is 38.8. The fourth-order valence-electron chi connectivity index (χ4n) is 7.06. The molecule has 6 rings (SSSR count). The molecule has 3 heterocycles. The summed E-state index contributed by atoms with van der Waals surface area (Å²) in [5, 5.41) is 7.73. The second-order valence-corrected chi connectivity index (χ2v) is 16.2. The average Bonchev–Trinajstić information content (AvgIpc) is 3.68.